The summed E-state index contributed by atoms with van der Waals surface area (Å²) < 4.78 is 78.2. The van der Waals surface area contributed by atoms with Crippen LogP contribution in [0.1, 0.15) is 116 Å². The average molecular weight is 799 g/mol. The zero-order valence-electron chi connectivity index (χ0n) is 32.2. The largest absolute Gasteiger partial charge is 0.744 e. The maximum Gasteiger partial charge on any atom is 0.311 e. The molecule has 0 aliphatic rings. The van der Waals surface area contributed by atoms with Gasteiger partial charge in [-0.25, -0.2) is 16.8 Å². The predicted octanol–water partition coefficient (Wildman–Crippen LogP) is 4.48. The van der Waals surface area contributed by atoms with Crippen molar-refractivity contribution in [3.8, 4) is 0 Å². The van der Waals surface area contributed by atoms with Crippen molar-refractivity contribution in [1.29, 1.82) is 0 Å². The van der Waals surface area contributed by atoms with E-state index in [0.29, 0.717) is 38.8 Å². The number of carbonyl (C=O) groups is 2. The number of unbranched alkanes of at least 4 members (excludes halogenated alkanes) is 3. The molecule has 14 nitrogen and oxygen atoms in total. The average Bonchev–Trinajstić information content (AvgIpc) is 3.11. The molecule has 2 rings (SSSR count). The minimum atomic E-state index is -4.54. The molecule has 4 atom stereocenters. The van der Waals surface area contributed by atoms with Crippen LogP contribution in [0.5, 0.6) is 0 Å². The maximum atomic E-state index is 12.9. The second-order valence-corrected chi connectivity index (χ2v) is 17.7. The summed E-state index contributed by atoms with van der Waals surface area (Å²) in [6.45, 7) is 11.5. The van der Waals surface area contributed by atoms with Crippen LogP contribution in [-0.4, -0.2) is 86.9 Å². The van der Waals surface area contributed by atoms with Crippen molar-refractivity contribution in [3.63, 3.8) is 0 Å². The van der Waals surface area contributed by atoms with Gasteiger partial charge in [0.1, 0.15) is 45.9 Å². The predicted molar refractivity (Wildman–Crippen MR) is 200 cm³/mol. The van der Waals surface area contributed by atoms with Crippen LogP contribution < -0.4 is 10.6 Å². The van der Waals surface area contributed by atoms with Crippen LogP contribution in [0.4, 0.5) is 0 Å². The van der Waals surface area contributed by atoms with Gasteiger partial charge in [-0.1, -0.05) is 51.0 Å². The summed E-state index contributed by atoms with van der Waals surface area (Å²) in [6, 6.07) is 11.4. The molecule has 0 radical (unpaired) electrons. The highest BCUT2D eigenvalue weighted by Crippen LogP contribution is 2.36. The Bertz CT molecular complexity index is 1550. The number of ether oxygens (including phenoxy) is 2. The lowest BCUT2D eigenvalue weighted by atomic mass is 9.79. The fourth-order valence-electron chi connectivity index (χ4n) is 6.17. The first kappa shape index (κ1) is 47.2. The third kappa shape index (κ3) is 16.0. The molecule has 2 aromatic carbocycles. The molecule has 2 aromatic rings. The van der Waals surface area contributed by atoms with Gasteiger partial charge in [-0.15, -0.1) is 0 Å². The van der Waals surface area contributed by atoms with Gasteiger partial charge >= 0.3 is 11.9 Å². The van der Waals surface area contributed by atoms with Gasteiger partial charge < -0.3 is 28.8 Å². The zero-order valence-corrected chi connectivity index (χ0v) is 33.8. The first-order valence-electron chi connectivity index (χ1n) is 18.4. The van der Waals surface area contributed by atoms with E-state index in [0.717, 1.165) is 36.8 Å². The van der Waals surface area contributed by atoms with Gasteiger partial charge in [0.15, 0.2) is 0 Å². The minimum absolute atomic E-state index is 0.0747. The molecule has 0 aliphatic heterocycles. The molecule has 0 aromatic heterocycles. The van der Waals surface area contributed by atoms with E-state index in [2.05, 4.69) is 10.6 Å². The normalized spacial score (nSPS) is 14.9. The fraction of sp³-hybridized carbons (Fsp3) is 0.632. The Morgan fingerprint density at radius 2 is 0.944 bits per heavy atom. The van der Waals surface area contributed by atoms with Gasteiger partial charge in [0, 0.05) is 0 Å². The smallest absolute Gasteiger partial charge is 0.311 e. The fourth-order valence-corrected chi connectivity index (χ4v) is 7.11. The number of benzene rings is 2. The Morgan fingerprint density at radius 1 is 0.630 bits per heavy atom. The summed E-state index contributed by atoms with van der Waals surface area (Å²) in [6.07, 6.45) is 3.35. The molecule has 0 heterocycles. The summed E-state index contributed by atoms with van der Waals surface area (Å²) in [5.74, 6) is -1.09. The molecule has 16 heteroatoms. The third-order valence-electron chi connectivity index (χ3n) is 9.49. The Balaban J connectivity index is 1.61. The number of aliphatic hydroxyl groups excluding tert-OH is 2. The molecule has 0 aliphatic carbocycles. The number of carbonyl (C=O) groups excluding carboxylic acids is 2. The molecule has 0 amide bonds. The zero-order chi connectivity index (χ0) is 40.7. The lowest BCUT2D eigenvalue weighted by molar-refractivity contribution is -0.158. The van der Waals surface area contributed by atoms with Crippen LogP contribution >= 0.6 is 0 Å². The summed E-state index contributed by atoms with van der Waals surface area (Å²) in [4.78, 5) is 25.1. The highest BCUT2D eigenvalue weighted by Gasteiger charge is 2.34. The van der Waals surface area contributed by atoms with Crippen LogP contribution in [0, 0.1) is 10.8 Å². The highest BCUT2D eigenvalue weighted by molar-refractivity contribution is 7.86. The van der Waals surface area contributed by atoms with Gasteiger partial charge in [0.2, 0.25) is 0 Å². The van der Waals surface area contributed by atoms with Crippen molar-refractivity contribution in [3.05, 3.63) is 59.7 Å². The number of esters is 2. The summed E-state index contributed by atoms with van der Waals surface area (Å²) in [7, 11) is -9.09. The van der Waals surface area contributed by atoms with Crippen LogP contribution in [0.2, 0.25) is 0 Å². The van der Waals surface area contributed by atoms with Crippen molar-refractivity contribution in [1.82, 2.24) is 10.6 Å². The number of rotatable bonds is 25. The van der Waals surface area contributed by atoms with Crippen LogP contribution in [-0.2, 0) is 39.3 Å². The summed E-state index contributed by atoms with van der Waals surface area (Å²) in [5.41, 5.74) is -0.140. The number of hydrogen-bond donors (Lipinski definition) is 4. The van der Waals surface area contributed by atoms with E-state index in [4.69, 9.17) is 9.47 Å². The van der Waals surface area contributed by atoms with Crippen molar-refractivity contribution >= 4 is 32.2 Å². The van der Waals surface area contributed by atoms with Gasteiger partial charge in [0.05, 0.1) is 20.6 Å². The molecule has 0 fully saturated rings. The van der Waals surface area contributed by atoms with Crippen molar-refractivity contribution < 1.29 is 55.2 Å². The number of nitrogens with one attached hydrogen (secondary N) is 2. The van der Waals surface area contributed by atoms with Crippen molar-refractivity contribution in [2.24, 2.45) is 10.8 Å². The quantitative estimate of drug-likeness (QED) is 0.0470. The van der Waals surface area contributed by atoms with E-state index in [1.807, 2.05) is 13.8 Å². The molecule has 0 saturated carbocycles. The second-order valence-electron chi connectivity index (χ2n) is 15.0. The van der Waals surface area contributed by atoms with E-state index in [1.165, 1.54) is 24.3 Å². The topological polar surface area (TPSA) is 232 Å². The molecule has 4 unspecified atom stereocenters. The molecule has 54 heavy (non-hydrogen) atoms. The Kier molecular flexibility index (Phi) is 18.7. The van der Waals surface area contributed by atoms with Gasteiger partial charge in [-0.2, -0.15) is 0 Å². The van der Waals surface area contributed by atoms with E-state index in [1.54, 1.807) is 52.0 Å². The first-order chi connectivity index (χ1) is 25.1. The number of hydrogen-bond acceptors (Lipinski definition) is 14. The standard InChI is InChI=1S/C38H60N2O12S2/c1-7-27(29-13-17-31(18-14-29)53(45,46)47)23-37(3,4)35(43)51-25-33(41)39-21-11-9-10-12-22-40-34(42)26-52-36(44)38(5,6)24-28(8-2)30-15-19-32(20-16-30)54(48,49)50/h13-20,27-28,33-34,39-42H,7-12,21-26H2,1-6H3,(H,45,46,47)(H,48,49,50)/p-2. The molecule has 0 spiro atoms. The van der Waals surface area contributed by atoms with E-state index in [-0.39, 0.29) is 34.8 Å². The molecule has 0 saturated heterocycles. The van der Waals surface area contributed by atoms with Gasteiger partial charge in [-0.3, -0.25) is 20.2 Å². The highest BCUT2D eigenvalue weighted by atomic mass is 32.2. The number of aliphatic hydroxyl groups is 2. The summed E-state index contributed by atoms with van der Waals surface area (Å²) >= 11 is 0. The Morgan fingerprint density at radius 3 is 1.22 bits per heavy atom. The maximum absolute atomic E-state index is 12.9. The lowest BCUT2D eigenvalue weighted by Crippen LogP contribution is -2.37. The van der Waals surface area contributed by atoms with E-state index >= 15 is 0 Å². The molecule has 0 bridgehead atoms. The van der Waals surface area contributed by atoms with E-state index < -0.39 is 55.5 Å². The second kappa shape index (κ2) is 21.4. The van der Waals surface area contributed by atoms with Crippen molar-refractivity contribution in [2.75, 3.05) is 26.3 Å². The SMILES string of the molecule is CCC(CC(C)(C)C(=O)OCC(O)NCCCCCCNC(O)COC(=O)C(C)(C)CC(CC)c1ccc(S(=O)(=O)[O-])cc1)c1ccc(S(=O)(=O)[O-])cc1. The molecular weight excluding hydrogens is 741 g/mol. The monoisotopic (exact) mass is 798 g/mol. The third-order valence-corrected chi connectivity index (χ3v) is 11.2. The molecule has 4 N–H and O–H groups in total. The molecule has 306 valence electrons. The summed E-state index contributed by atoms with van der Waals surface area (Å²) in [5, 5.41) is 26.4. The van der Waals surface area contributed by atoms with Crippen LogP contribution in [0.15, 0.2) is 58.3 Å². The Hall–Kier alpha value is -2.96. The van der Waals surface area contributed by atoms with Crippen LogP contribution in [0.3, 0.4) is 0 Å². The van der Waals surface area contributed by atoms with E-state index in [9.17, 15) is 45.7 Å². The lowest BCUT2D eigenvalue weighted by Gasteiger charge is -2.28. The van der Waals surface area contributed by atoms with Gasteiger partial charge in [-0.05, 0) is 127 Å². The van der Waals surface area contributed by atoms with Gasteiger partial charge in [0.25, 0.3) is 0 Å². The minimum Gasteiger partial charge on any atom is -0.744 e. The molecular formula is C38H58N2O12S2-2. The Labute approximate surface area is 320 Å². The van der Waals surface area contributed by atoms with Crippen molar-refractivity contribution in [2.45, 2.75) is 127 Å². The first-order valence-corrected chi connectivity index (χ1v) is 21.2. The van der Waals surface area contributed by atoms with Crippen LogP contribution in [0.25, 0.3) is 0 Å².